The van der Waals surface area contributed by atoms with E-state index in [1.807, 2.05) is 30.5 Å². The van der Waals surface area contributed by atoms with Crippen LogP contribution in [-0.2, 0) is 6.54 Å². The zero-order valence-corrected chi connectivity index (χ0v) is 10.5. The van der Waals surface area contributed by atoms with Crippen molar-refractivity contribution < 1.29 is 0 Å². The molecule has 1 N–H and O–H groups in total. The lowest BCUT2D eigenvalue weighted by Gasteiger charge is -2.06. The first-order valence-electron chi connectivity index (χ1n) is 5.31. The summed E-state index contributed by atoms with van der Waals surface area (Å²) in [6.07, 6.45) is 1.99. The fourth-order valence-electron chi connectivity index (χ4n) is 1.43. The van der Waals surface area contributed by atoms with E-state index in [0.29, 0.717) is 5.95 Å². The summed E-state index contributed by atoms with van der Waals surface area (Å²) in [5.41, 5.74) is 1.94. The molecule has 0 aliphatic carbocycles. The highest BCUT2D eigenvalue weighted by atomic mass is 32.2. The van der Waals surface area contributed by atoms with E-state index in [0.717, 1.165) is 17.3 Å². The van der Waals surface area contributed by atoms with Gasteiger partial charge in [-0.1, -0.05) is 30.3 Å². The van der Waals surface area contributed by atoms with Crippen LogP contribution in [0.25, 0.3) is 0 Å². The van der Waals surface area contributed by atoms with Crippen molar-refractivity contribution in [2.75, 3.05) is 11.6 Å². The van der Waals surface area contributed by atoms with Crippen LogP contribution in [0, 0.1) is 6.92 Å². The smallest absolute Gasteiger partial charge is 0.224 e. The number of nitrogens with zero attached hydrogens (tertiary/aromatic N) is 2. The Labute approximate surface area is 106 Å². The molecule has 1 radical (unpaired) electrons. The topological polar surface area (TPSA) is 37.8 Å². The molecule has 0 saturated carbocycles. The molecule has 0 amide bonds. The first-order valence-corrected chi connectivity index (χ1v) is 6.53. The van der Waals surface area contributed by atoms with Crippen LogP contribution in [0.5, 0.6) is 0 Å². The average molecular weight is 244 g/mol. The molecule has 0 atom stereocenters. The van der Waals surface area contributed by atoms with E-state index in [-0.39, 0.29) is 0 Å². The van der Waals surface area contributed by atoms with Crippen molar-refractivity contribution >= 4 is 17.7 Å². The number of benzene rings is 1. The molecule has 0 saturated heterocycles. The van der Waals surface area contributed by atoms with Gasteiger partial charge in [-0.15, -0.1) is 11.8 Å². The zero-order chi connectivity index (χ0) is 12.1. The molecule has 1 aromatic heterocycles. The maximum Gasteiger partial charge on any atom is 0.224 e. The molecule has 2 rings (SSSR count). The number of hydrogen-bond acceptors (Lipinski definition) is 4. The quantitative estimate of drug-likeness (QED) is 0.663. The number of anilines is 1. The molecule has 0 aliphatic heterocycles. The lowest BCUT2D eigenvalue weighted by Crippen LogP contribution is -2.04. The molecule has 1 aromatic carbocycles. The maximum absolute atomic E-state index is 4.37. The Morgan fingerprint density at radius 3 is 2.71 bits per heavy atom. The fraction of sp³-hybridized carbons (Fsp3) is 0.154. The maximum atomic E-state index is 4.37. The van der Waals surface area contributed by atoms with Crippen LogP contribution >= 0.6 is 11.8 Å². The highest BCUT2D eigenvalue weighted by molar-refractivity contribution is 7.98. The molecule has 0 aliphatic rings. The lowest BCUT2D eigenvalue weighted by atomic mass is 10.2. The van der Waals surface area contributed by atoms with Gasteiger partial charge in [0.25, 0.3) is 0 Å². The normalized spacial score (nSPS) is 10.2. The van der Waals surface area contributed by atoms with Crippen LogP contribution in [0.1, 0.15) is 11.3 Å². The van der Waals surface area contributed by atoms with E-state index in [9.17, 15) is 0 Å². The first-order chi connectivity index (χ1) is 8.28. The Kier molecular flexibility index (Phi) is 3.98. The molecule has 0 spiro atoms. The molecule has 0 unspecified atom stereocenters. The molecule has 4 heteroatoms. The van der Waals surface area contributed by atoms with Gasteiger partial charge in [0.1, 0.15) is 5.03 Å². The summed E-state index contributed by atoms with van der Waals surface area (Å²) in [4.78, 5) is 8.62. The molecule has 0 bridgehead atoms. The summed E-state index contributed by atoms with van der Waals surface area (Å²) in [7, 11) is 0. The minimum atomic E-state index is 0.630. The van der Waals surface area contributed by atoms with Crippen molar-refractivity contribution in [1.29, 1.82) is 0 Å². The monoisotopic (exact) mass is 244 g/mol. The van der Waals surface area contributed by atoms with Crippen LogP contribution in [0.3, 0.4) is 0 Å². The summed E-state index contributed by atoms with van der Waals surface area (Å²) in [5, 5.41) is 4.13. The van der Waals surface area contributed by atoms with Crippen molar-refractivity contribution in [2.24, 2.45) is 0 Å². The molecule has 0 fully saturated rings. The second-order valence-corrected chi connectivity index (χ2v) is 4.39. The predicted octanol–water partition coefficient (Wildman–Crippen LogP) is 2.99. The Morgan fingerprint density at radius 1 is 1.24 bits per heavy atom. The van der Waals surface area contributed by atoms with Gasteiger partial charge in [-0.3, -0.25) is 0 Å². The average Bonchev–Trinajstić information content (AvgIpc) is 2.37. The highest BCUT2D eigenvalue weighted by Crippen LogP contribution is 2.14. The van der Waals surface area contributed by atoms with Gasteiger partial charge in [0.05, 0.1) is 0 Å². The largest absolute Gasteiger partial charge is 0.350 e. The Bertz CT molecular complexity index is 485. The third-order valence-electron chi connectivity index (χ3n) is 2.26. The lowest BCUT2D eigenvalue weighted by molar-refractivity contribution is 0.987. The van der Waals surface area contributed by atoms with Crippen LogP contribution in [0.15, 0.2) is 41.4 Å². The number of nitrogens with one attached hydrogen (secondary N) is 1. The van der Waals surface area contributed by atoms with Crippen LogP contribution in [0.2, 0.25) is 0 Å². The van der Waals surface area contributed by atoms with Gasteiger partial charge >= 0.3 is 0 Å². The van der Waals surface area contributed by atoms with Gasteiger partial charge in [-0.25, -0.2) is 9.97 Å². The van der Waals surface area contributed by atoms with Crippen LogP contribution in [-0.4, -0.2) is 16.2 Å². The molecule has 2 aromatic rings. The molecule has 1 heterocycles. The minimum Gasteiger partial charge on any atom is -0.350 e. The number of aromatic nitrogens is 2. The second kappa shape index (κ2) is 5.68. The van der Waals surface area contributed by atoms with E-state index >= 15 is 0 Å². The Morgan fingerprint density at radius 2 is 2.00 bits per heavy atom. The van der Waals surface area contributed by atoms with E-state index < -0.39 is 0 Å². The predicted molar refractivity (Wildman–Crippen MR) is 72.0 cm³/mol. The SMILES string of the molecule is [CH2]c1cc(SC)nc(NCc2ccccc2)n1. The second-order valence-electron chi connectivity index (χ2n) is 3.56. The van der Waals surface area contributed by atoms with Gasteiger partial charge in [0.15, 0.2) is 0 Å². The summed E-state index contributed by atoms with van der Waals surface area (Å²) in [6, 6.07) is 12.0. The fourth-order valence-corrected chi connectivity index (χ4v) is 1.86. The molecule has 17 heavy (non-hydrogen) atoms. The first kappa shape index (κ1) is 11.9. The van der Waals surface area contributed by atoms with Crippen molar-refractivity contribution in [1.82, 2.24) is 9.97 Å². The van der Waals surface area contributed by atoms with E-state index in [1.165, 1.54) is 5.56 Å². The van der Waals surface area contributed by atoms with Crippen molar-refractivity contribution in [2.45, 2.75) is 11.6 Å². The van der Waals surface area contributed by atoms with E-state index in [4.69, 9.17) is 0 Å². The van der Waals surface area contributed by atoms with Gasteiger partial charge in [0, 0.05) is 12.2 Å². The highest BCUT2D eigenvalue weighted by Gasteiger charge is 2.01. The molecular formula is C13H14N3S. The van der Waals surface area contributed by atoms with Crippen molar-refractivity contribution in [3.05, 3.63) is 54.6 Å². The number of thioether (sulfide) groups is 1. The minimum absolute atomic E-state index is 0.630. The van der Waals surface area contributed by atoms with Crippen molar-refractivity contribution in [3.8, 4) is 0 Å². The number of hydrogen-bond donors (Lipinski definition) is 1. The van der Waals surface area contributed by atoms with Gasteiger partial charge in [-0.2, -0.15) is 0 Å². The Hall–Kier alpha value is -1.55. The zero-order valence-electron chi connectivity index (χ0n) is 9.68. The van der Waals surface area contributed by atoms with Crippen LogP contribution < -0.4 is 5.32 Å². The molecule has 87 valence electrons. The summed E-state index contributed by atoms with van der Waals surface area (Å²) in [6.45, 7) is 4.56. The standard InChI is InChI=1S/C13H14N3S/c1-10-8-12(17-2)16-13(15-10)14-9-11-6-4-3-5-7-11/h3-8H,1,9H2,2H3,(H,14,15,16). The van der Waals surface area contributed by atoms with Gasteiger partial charge in [-0.05, 0) is 24.8 Å². The molecular weight excluding hydrogens is 230 g/mol. The summed E-state index contributed by atoms with van der Waals surface area (Å²) in [5.74, 6) is 0.630. The summed E-state index contributed by atoms with van der Waals surface area (Å²) < 4.78 is 0. The third kappa shape index (κ3) is 3.46. The van der Waals surface area contributed by atoms with Gasteiger partial charge < -0.3 is 5.32 Å². The van der Waals surface area contributed by atoms with Crippen molar-refractivity contribution in [3.63, 3.8) is 0 Å². The van der Waals surface area contributed by atoms with E-state index in [1.54, 1.807) is 11.8 Å². The van der Waals surface area contributed by atoms with E-state index in [2.05, 4.69) is 34.3 Å². The van der Waals surface area contributed by atoms with Gasteiger partial charge in [0.2, 0.25) is 5.95 Å². The third-order valence-corrected chi connectivity index (χ3v) is 2.89. The Balaban J connectivity index is 2.06. The number of rotatable bonds is 4. The van der Waals surface area contributed by atoms with Crippen LogP contribution in [0.4, 0.5) is 5.95 Å². The summed E-state index contributed by atoms with van der Waals surface area (Å²) >= 11 is 1.59. The molecule has 3 nitrogen and oxygen atoms in total.